The molecule has 1 unspecified atom stereocenters. The molecule has 3 aromatic rings. The van der Waals surface area contributed by atoms with Gasteiger partial charge in [-0.25, -0.2) is 9.37 Å². The molecule has 2 heterocycles. The van der Waals surface area contributed by atoms with Crippen LogP contribution in [0, 0.1) is 5.82 Å². The first kappa shape index (κ1) is 18.9. The topological polar surface area (TPSA) is 30.3 Å². The second-order valence-electron chi connectivity index (χ2n) is 7.04. The standard InChI is InChI=1S/C20H19F4N3O/c1-26-12-25-17-3-2-14(8-18(17)26)19-11-27(4-5-28-19)10-13-6-15(20(22,23)24)9-16(21)7-13/h2-3,6-9,12,19H,4-5,10-11H2,1H3. The van der Waals surface area contributed by atoms with Crippen LogP contribution in [-0.4, -0.2) is 34.1 Å². The lowest BCUT2D eigenvalue weighted by Gasteiger charge is -2.33. The number of benzene rings is 2. The number of ether oxygens (including phenoxy) is 1. The molecule has 4 rings (SSSR count). The molecule has 0 amide bonds. The Labute approximate surface area is 159 Å². The molecule has 148 valence electrons. The number of hydrogen-bond donors (Lipinski definition) is 0. The molecule has 1 atom stereocenters. The maximum atomic E-state index is 13.7. The van der Waals surface area contributed by atoms with Gasteiger partial charge in [0.05, 0.1) is 35.6 Å². The summed E-state index contributed by atoms with van der Waals surface area (Å²) in [4.78, 5) is 6.28. The maximum Gasteiger partial charge on any atom is 0.416 e. The predicted octanol–water partition coefficient (Wildman–Crippen LogP) is 4.30. The van der Waals surface area contributed by atoms with E-state index in [0.717, 1.165) is 28.7 Å². The Bertz CT molecular complexity index is 999. The van der Waals surface area contributed by atoms with Crippen LogP contribution in [0.1, 0.15) is 22.8 Å². The highest BCUT2D eigenvalue weighted by Gasteiger charge is 2.31. The molecule has 2 aromatic carbocycles. The van der Waals surface area contributed by atoms with Crippen LogP contribution in [0.25, 0.3) is 11.0 Å². The Kier molecular flexibility index (Phi) is 4.84. The first-order valence-electron chi connectivity index (χ1n) is 8.91. The second-order valence-corrected chi connectivity index (χ2v) is 7.04. The van der Waals surface area contributed by atoms with Gasteiger partial charge in [-0.1, -0.05) is 6.07 Å². The van der Waals surface area contributed by atoms with E-state index < -0.39 is 17.6 Å². The summed E-state index contributed by atoms with van der Waals surface area (Å²) in [6.45, 7) is 1.77. The van der Waals surface area contributed by atoms with Crippen LogP contribution in [0.5, 0.6) is 0 Å². The third-order valence-corrected chi connectivity index (χ3v) is 4.96. The minimum Gasteiger partial charge on any atom is -0.371 e. The summed E-state index contributed by atoms with van der Waals surface area (Å²) in [5.41, 5.74) is 2.19. The van der Waals surface area contributed by atoms with Crippen molar-refractivity contribution >= 4 is 11.0 Å². The highest BCUT2D eigenvalue weighted by atomic mass is 19.4. The molecule has 28 heavy (non-hydrogen) atoms. The van der Waals surface area contributed by atoms with Gasteiger partial charge in [-0.3, -0.25) is 4.90 Å². The fraction of sp³-hybridized carbons (Fsp3) is 0.350. The van der Waals surface area contributed by atoms with Crippen molar-refractivity contribution in [2.75, 3.05) is 19.7 Å². The smallest absolute Gasteiger partial charge is 0.371 e. The fourth-order valence-corrected chi connectivity index (χ4v) is 3.55. The number of fused-ring (bicyclic) bond motifs is 1. The molecular formula is C20H19F4N3O. The minimum absolute atomic E-state index is 0.205. The first-order chi connectivity index (χ1) is 13.3. The van der Waals surface area contributed by atoms with Crippen LogP contribution in [0.2, 0.25) is 0 Å². The Morgan fingerprint density at radius 3 is 2.79 bits per heavy atom. The highest BCUT2D eigenvalue weighted by molar-refractivity contribution is 5.76. The molecule has 1 saturated heterocycles. The van der Waals surface area contributed by atoms with Crippen molar-refractivity contribution in [2.45, 2.75) is 18.8 Å². The molecule has 0 saturated carbocycles. The lowest BCUT2D eigenvalue weighted by atomic mass is 10.1. The summed E-state index contributed by atoms with van der Waals surface area (Å²) in [6.07, 6.45) is -3.03. The van der Waals surface area contributed by atoms with Gasteiger partial charge in [-0.15, -0.1) is 0 Å². The van der Waals surface area contributed by atoms with Crippen molar-refractivity contribution in [3.63, 3.8) is 0 Å². The van der Waals surface area contributed by atoms with E-state index in [2.05, 4.69) is 4.98 Å². The number of aryl methyl sites for hydroxylation is 1. The number of morpholine rings is 1. The molecule has 0 N–H and O–H groups in total. The summed E-state index contributed by atoms with van der Waals surface area (Å²) in [5.74, 6) is -0.878. The molecule has 0 bridgehead atoms. The van der Waals surface area contributed by atoms with Crippen molar-refractivity contribution in [3.8, 4) is 0 Å². The normalized spacial score (nSPS) is 18.7. The Balaban J connectivity index is 1.52. The van der Waals surface area contributed by atoms with Gasteiger partial charge in [-0.05, 0) is 41.5 Å². The minimum atomic E-state index is -4.57. The molecule has 0 aliphatic carbocycles. The molecule has 1 aromatic heterocycles. The van der Waals surface area contributed by atoms with E-state index in [4.69, 9.17) is 4.74 Å². The lowest BCUT2D eigenvalue weighted by molar-refractivity contribution is -0.137. The van der Waals surface area contributed by atoms with E-state index in [1.165, 1.54) is 0 Å². The van der Waals surface area contributed by atoms with Gasteiger partial charge in [-0.2, -0.15) is 13.2 Å². The summed E-state index contributed by atoms with van der Waals surface area (Å²) in [5, 5.41) is 0. The third-order valence-electron chi connectivity index (χ3n) is 4.96. The lowest BCUT2D eigenvalue weighted by Crippen LogP contribution is -2.37. The van der Waals surface area contributed by atoms with Gasteiger partial charge in [0.15, 0.2) is 0 Å². The van der Waals surface area contributed by atoms with Crippen LogP contribution in [0.15, 0.2) is 42.7 Å². The summed E-state index contributed by atoms with van der Waals surface area (Å²) >= 11 is 0. The number of aromatic nitrogens is 2. The molecule has 1 fully saturated rings. The van der Waals surface area contributed by atoms with Crippen LogP contribution in [0.3, 0.4) is 0 Å². The van der Waals surface area contributed by atoms with Crippen molar-refractivity contribution < 1.29 is 22.3 Å². The number of hydrogen-bond acceptors (Lipinski definition) is 3. The average molecular weight is 393 g/mol. The van der Waals surface area contributed by atoms with Gasteiger partial charge in [0.1, 0.15) is 5.82 Å². The van der Waals surface area contributed by atoms with E-state index in [1.54, 1.807) is 6.33 Å². The maximum absolute atomic E-state index is 13.7. The molecule has 1 aliphatic rings. The summed E-state index contributed by atoms with van der Waals surface area (Å²) < 4.78 is 60.3. The Morgan fingerprint density at radius 2 is 2.00 bits per heavy atom. The number of rotatable bonds is 3. The van der Waals surface area contributed by atoms with Crippen LogP contribution in [0.4, 0.5) is 17.6 Å². The zero-order chi connectivity index (χ0) is 19.9. The molecule has 0 spiro atoms. The zero-order valence-corrected chi connectivity index (χ0v) is 15.2. The number of imidazole rings is 1. The van der Waals surface area contributed by atoms with Gasteiger partial charge in [0, 0.05) is 26.7 Å². The van der Waals surface area contributed by atoms with Gasteiger partial charge >= 0.3 is 6.18 Å². The van der Waals surface area contributed by atoms with Crippen molar-refractivity contribution in [1.29, 1.82) is 0 Å². The van der Waals surface area contributed by atoms with Crippen LogP contribution < -0.4 is 0 Å². The second kappa shape index (κ2) is 7.18. The van der Waals surface area contributed by atoms with E-state index in [1.807, 2.05) is 34.7 Å². The first-order valence-corrected chi connectivity index (χ1v) is 8.91. The molecular weight excluding hydrogens is 374 g/mol. The fourth-order valence-electron chi connectivity index (χ4n) is 3.55. The van der Waals surface area contributed by atoms with Crippen LogP contribution >= 0.6 is 0 Å². The third kappa shape index (κ3) is 3.88. The average Bonchev–Trinajstić information content (AvgIpc) is 3.01. The van der Waals surface area contributed by atoms with Crippen LogP contribution in [-0.2, 0) is 24.5 Å². The summed E-state index contributed by atoms with van der Waals surface area (Å²) in [7, 11) is 1.91. The monoisotopic (exact) mass is 393 g/mol. The largest absolute Gasteiger partial charge is 0.416 e. The van der Waals surface area contributed by atoms with E-state index in [0.29, 0.717) is 31.3 Å². The quantitative estimate of drug-likeness (QED) is 0.622. The number of halogens is 4. The van der Waals surface area contributed by atoms with Gasteiger partial charge in [0.25, 0.3) is 0 Å². The Morgan fingerprint density at radius 1 is 1.18 bits per heavy atom. The van der Waals surface area contributed by atoms with E-state index in [-0.39, 0.29) is 12.6 Å². The number of nitrogens with zero attached hydrogens (tertiary/aromatic N) is 3. The molecule has 8 heteroatoms. The Hall–Kier alpha value is -2.45. The highest BCUT2D eigenvalue weighted by Crippen LogP contribution is 2.31. The van der Waals surface area contributed by atoms with E-state index in [9.17, 15) is 17.6 Å². The predicted molar refractivity (Wildman–Crippen MR) is 96.1 cm³/mol. The van der Waals surface area contributed by atoms with Gasteiger partial charge in [0.2, 0.25) is 0 Å². The SMILES string of the molecule is Cn1cnc2ccc(C3CN(Cc4cc(F)cc(C(F)(F)F)c4)CCO3)cc21. The van der Waals surface area contributed by atoms with Crippen molar-refractivity contribution in [2.24, 2.45) is 7.05 Å². The number of alkyl halides is 3. The molecule has 1 aliphatic heterocycles. The van der Waals surface area contributed by atoms with Crippen molar-refractivity contribution in [3.05, 3.63) is 65.2 Å². The zero-order valence-electron chi connectivity index (χ0n) is 15.2. The summed E-state index contributed by atoms with van der Waals surface area (Å²) in [6, 6.07) is 8.58. The van der Waals surface area contributed by atoms with Gasteiger partial charge < -0.3 is 9.30 Å². The molecule has 0 radical (unpaired) electrons. The van der Waals surface area contributed by atoms with Crippen molar-refractivity contribution in [1.82, 2.24) is 14.5 Å². The van der Waals surface area contributed by atoms with E-state index >= 15 is 0 Å². The molecule has 4 nitrogen and oxygen atoms in total.